The molecule has 1 fully saturated rings. The molecule has 0 saturated carbocycles. The molecule has 2 aliphatic rings. The third-order valence-corrected chi connectivity index (χ3v) is 11.7. The minimum Gasteiger partial charge on any atom is -0.508 e. The number of carbonyl (C=O) groups is 2. The van der Waals surface area contributed by atoms with Gasteiger partial charge in [-0.3, -0.25) is 9.59 Å². The molecule has 0 radical (unpaired) electrons. The van der Waals surface area contributed by atoms with Crippen molar-refractivity contribution < 1.29 is 38.1 Å². The number of nitrogens with zero attached hydrogens (tertiary/aromatic N) is 7. The van der Waals surface area contributed by atoms with E-state index in [4.69, 9.17) is 9.97 Å². The van der Waals surface area contributed by atoms with Crippen molar-refractivity contribution in [3.05, 3.63) is 118 Å². The number of nitrogens with one attached hydrogen (secondary N) is 3. The molecule has 4 heterocycles. The number of fused-ring (bicyclic) bond motifs is 2. The number of aromatic hydroxyl groups is 3. The lowest BCUT2D eigenvalue weighted by Gasteiger charge is -2.38. The summed E-state index contributed by atoms with van der Waals surface area (Å²) in [5.74, 6) is -0.579. The van der Waals surface area contributed by atoms with Gasteiger partial charge in [0, 0.05) is 81.0 Å². The van der Waals surface area contributed by atoms with Gasteiger partial charge in [0.1, 0.15) is 23.1 Å². The average molecular weight is 893 g/mol. The standard InChI is InChI=1S/C46H47F3N10O6/c1-4-41(64)56-15-17-57(18-16-56)42-32-12-14-58(37-21-30(60)19-27-7-5-6-8-31(27)37)25-36(32)52-44(53-42)50-13-11-40(63)51-24-28-9-10-29(20-35(28)46(47,48)49)59-43(54-55-45(59)65)34-22-33(26(2)3)38(61)23-39(34)62/h4-10,19-23,26,60-62H,1,11-18,24-25H2,2-3H3,(H,51,63)(H,55,65)(H,50,52,53). The second-order valence-electron chi connectivity index (χ2n) is 16.2. The molecule has 0 bridgehead atoms. The number of halogens is 3. The Morgan fingerprint density at radius 3 is 2.45 bits per heavy atom. The van der Waals surface area contributed by atoms with Crippen LogP contribution in [0.25, 0.3) is 27.8 Å². The number of anilines is 3. The zero-order chi connectivity index (χ0) is 46.2. The van der Waals surface area contributed by atoms with Crippen LogP contribution in [0, 0.1) is 0 Å². The van der Waals surface area contributed by atoms with Gasteiger partial charge in [0.05, 0.1) is 29.1 Å². The van der Waals surface area contributed by atoms with Crippen LogP contribution in [-0.4, -0.2) is 96.0 Å². The zero-order valence-corrected chi connectivity index (χ0v) is 35.6. The van der Waals surface area contributed by atoms with Gasteiger partial charge in [0.25, 0.3) is 0 Å². The van der Waals surface area contributed by atoms with Crippen molar-refractivity contribution in [3.63, 3.8) is 0 Å². The molecular formula is C46H47F3N10O6. The van der Waals surface area contributed by atoms with Crippen molar-refractivity contribution in [1.29, 1.82) is 0 Å². The van der Waals surface area contributed by atoms with Gasteiger partial charge in [-0.1, -0.05) is 50.8 Å². The smallest absolute Gasteiger partial charge is 0.416 e. The number of hydrogen-bond acceptors (Lipinski definition) is 12. The minimum atomic E-state index is -4.88. The third-order valence-electron chi connectivity index (χ3n) is 11.7. The van der Waals surface area contributed by atoms with Crippen LogP contribution in [0.5, 0.6) is 17.2 Å². The van der Waals surface area contributed by atoms with Crippen LogP contribution in [0.4, 0.5) is 30.6 Å². The van der Waals surface area contributed by atoms with Crippen molar-refractivity contribution >= 4 is 40.0 Å². The van der Waals surface area contributed by atoms with Crippen molar-refractivity contribution in [2.24, 2.45) is 0 Å². The zero-order valence-electron chi connectivity index (χ0n) is 35.6. The van der Waals surface area contributed by atoms with Gasteiger partial charge in [0.2, 0.25) is 17.8 Å². The first-order chi connectivity index (χ1) is 31.1. The number of phenols is 3. The van der Waals surface area contributed by atoms with E-state index in [1.165, 1.54) is 18.2 Å². The number of phenolic OH excluding ortho intramolecular Hbond substituents is 3. The molecule has 2 aromatic heterocycles. The number of hydrogen-bond donors (Lipinski definition) is 6. The van der Waals surface area contributed by atoms with Crippen LogP contribution in [-0.2, 0) is 35.3 Å². The van der Waals surface area contributed by atoms with Crippen LogP contribution in [0.3, 0.4) is 0 Å². The number of benzene rings is 4. The van der Waals surface area contributed by atoms with Crippen molar-refractivity contribution in [3.8, 4) is 34.3 Å². The highest BCUT2D eigenvalue weighted by atomic mass is 19.4. The molecule has 1 saturated heterocycles. The van der Waals surface area contributed by atoms with E-state index in [0.29, 0.717) is 57.1 Å². The number of piperazine rings is 1. The van der Waals surface area contributed by atoms with Gasteiger partial charge >= 0.3 is 11.9 Å². The van der Waals surface area contributed by atoms with E-state index >= 15 is 0 Å². The largest absolute Gasteiger partial charge is 0.508 e. The predicted molar refractivity (Wildman–Crippen MR) is 238 cm³/mol. The van der Waals surface area contributed by atoms with E-state index in [9.17, 15) is 42.9 Å². The highest BCUT2D eigenvalue weighted by Gasteiger charge is 2.35. The molecule has 0 atom stereocenters. The molecule has 4 aromatic carbocycles. The lowest BCUT2D eigenvalue weighted by molar-refractivity contribution is -0.138. The summed E-state index contributed by atoms with van der Waals surface area (Å²) < 4.78 is 44.6. The Hall–Kier alpha value is -7.57. The number of rotatable bonds is 12. The van der Waals surface area contributed by atoms with E-state index < -0.39 is 35.6 Å². The van der Waals surface area contributed by atoms with Gasteiger partial charge in [-0.05, 0) is 59.2 Å². The molecule has 0 unspecified atom stereocenters. The molecule has 6 N–H and O–H groups in total. The quantitative estimate of drug-likeness (QED) is 0.0790. The first-order valence-corrected chi connectivity index (χ1v) is 21.1. The Labute approximate surface area is 370 Å². The van der Waals surface area contributed by atoms with Gasteiger partial charge in [0.15, 0.2) is 5.82 Å². The highest BCUT2D eigenvalue weighted by molar-refractivity contribution is 5.96. The lowest BCUT2D eigenvalue weighted by Crippen LogP contribution is -2.49. The van der Waals surface area contributed by atoms with Crippen molar-refractivity contribution in [1.82, 2.24) is 34.9 Å². The summed E-state index contributed by atoms with van der Waals surface area (Å²) in [6.07, 6.45) is -3.12. The van der Waals surface area contributed by atoms with Gasteiger partial charge in [-0.25, -0.2) is 19.4 Å². The summed E-state index contributed by atoms with van der Waals surface area (Å²) in [6.45, 7) is 9.79. The summed E-state index contributed by atoms with van der Waals surface area (Å²) in [4.78, 5) is 54.2. The molecule has 19 heteroatoms. The van der Waals surface area contributed by atoms with Crippen LogP contribution < -0.4 is 26.1 Å². The summed E-state index contributed by atoms with van der Waals surface area (Å²) in [5.41, 5.74) is 0.599. The first-order valence-electron chi connectivity index (χ1n) is 21.1. The Morgan fingerprint density at radius 1 is 0.938 bits per heavy atom. The fraction of sp³-hybridized carbons (Fsp3) is 0.304. The minimum absolute atomic E-state index is 0.0178. The van der Waals surface area contributed by atoms with Crippen LogP contribution in [0.15, 0.2) is 84.2 Å². The molecular weight excluding hydrogens is 846 g/mol. The van der Waals surface area contributed by atoms with E-state index in [2.05, 4.69) is 37.2 Å². The number of carbonyl (C=O) groups excluding carboxylic acids is 2. The number of aromatic amines is 1. The number of aromatic nitrogens is 5. The second kappa shape index (κ2) is 17.9. The number of amides is 2. The molecule has 16 nitrogen and oxygen atoms in total. The average Bonchev–Trinajstić information content (AvgIpc) is 3.67. The lowest BCUT2D eigenvalue weighted by atomic mass is 9.98. The molecule has 2 aliphatic heterocycles. The van der Waals surface area contributed by atoms with E-state index in [1.54, 1.807) is 30.9 Å². The summed E-state index contributed by atoms with van der Waals surface area (Å²) in [6, 6.07) is 17.0. The topological polar surface area (TPSA) is 205 Å². The summed E-state index contributed by atoms with van der Waals surface area (Å²) in [7, 11) is 0. The first kappa shape index (κ1) is 44.1. The molecule has 65 heavy (non-hydrogen) atoms. The maximum Gasteiger partial charge on any atom is 0.416 e. The van der Waals surface area contributed by atoms with Crippen molar-refractivity contribution in [2.45, 2.75) is 51.9 Å². The van der Waals surface area contributed by atoms with Crippen LogP contribution >= 0.6 is 0 Å². The van der Waals surface area contributed by atoms with Gasteiger partial charge in [-0.15, -0.1) is 0 Å². The Balaban J connectivity index is 0.987. The Kier molecular flexibility index (Phi) is 12.1. The molecule has 0 aliphatic carbocycles. The maximum atomic E-state index is 14.6. The molecule has 0 spiro atoms. The number of H-pyrrole nitrogens is 1. The predicted octanol–water partition coefficient (Wildman–Crippen LogP) is 5.95. The molecule has 6 aromatic rings. The third kappa shape index (κ3) is 9.12. The molecule has 2 amide bonds. The van der Waals surface area contributed by atoms with E-state index in [0.717, 1.165) is 50.5 Å². The normalized spacial score (nSPS) is 14.2. The fourth-order valence-corrected chi connectivity index (χ4v) is 8.41. The maximum absolute atomic E-state index is 14.6. The SMILES string of the molecule is C=CC(=O)N1CCN(c2nc(NCCC(=O)NCc3ccc(-n4c(-c5cc(C(C)C)c(O)cc5O)n[nH]c4=O)cc3C(F)(F)F)nc3c2CCN(c2cc(O)cc4ccccc24)C3)CC1. The van der Waals surface area contributed by atoms with Crippen molar-refractivity contribution in [2.75, 3.05) is 54.4 Å². The van der Waals surface area contributed by atoms with Gasteiger partial charge in [-0.2, -0.15) is 23.3 Å². The molecule has 8 rings (SSSR count). The summed E-state index contributed by atoms with van der Waals surface area (Å²) >= 11 is 0. The number of alkyl halides is 3. The molecule has 338 valence electrons. The Bertz CT molecular complexity index is 2870. The van der Waals surface area contributed by atoms with E-state index in [-0.39, 0.29) is 64.9 Å². The Morgan fingerprint density at radius 2 is 1.71 bits per heavy atom. The van der Waals surface area contributed by atoms with E-state index in [1.807, 2.05) is 24.3 Å². The van der Waals surface area contributed by atoms with Crippen LogP contribution in [0.2, 0.25) is 0 Å². The summed E-state index contributed by atoms with van der Waals surface area (Å²) in [5, 5.41) is 45.3. The van der Waals surface area contributed by atoms with Gasteiger partial charge < -0.3 is 40.7 Å². The fourth-order valence-electron chi connectivity index (χ4n) is 8.41. The highest BCUT2D eigenvalue weighted by Crippen LogP contribution is 2.40. The monoisotopic (exact) mass is 892 g/mol. The second-order valence-corrected chi connectivity index (χ2v) is 16.2. The van der Waals surface area contributed by atoms with Crippen LogP contribution in [0.1, 0.15) is 54.1 Å².